The Hall–Kier alpha value is -2.21. The van der Waals surface area contributed by atoms with Crippen LogP contribution in [-0.4, -0.2) is 72.4 Å². The number of likely N-dealkylation sites (tertiary alicyclic amines) is 1. The zero-order valence-corrected chi connectivity index (χ0v) is 33.8. The van der Waals surface area contributed by atoms with E-state index < -0.39 is 56.2 Å². The third-order valence-corrected chi connectivity index (χ3v) is 17.5. The fraction of sp³-hybridized carbons (Fsp3) is 0.900. The van der Waals surface area contributed by atoms with Gasteiger partial charge in [-0.1, -0.05) is 92.9 Å². The molecule has 2 spiro atoms. The van der Waals surface area contributed by atoms with E-state index in [1.807, 2.05) is 27.7 Å². The number of carbonyl (C=O) groups is 4. The van der Waals surface area contributed by atoms with Gasteiger partial charge in [0.1, 0.15) is 17.6 Å². The summed E-state index contributed by atoms with van der Waals surface area (Å²) in [5.74, 6) is -1.89. The van der Waals surface area contributed by atoms with Crippen molar-refractivity contribution >= 4 is 33.7 Å². The van der Waals surface area contributed by atoms with Crippen molar-refractivity contribution in [3.05, 3.63) is 0 Å². The number of hydrogen-bond donors (Lipinski definition) is 4. The summed E-state index contributed by atoms with van der Waals surface area (Å²) in [5.41, 5.74) is 4.19. The first-order valence-corrected chi connectivity index (χ1v) is 22.1. The quantitative estimate of drug-likeness (QED) is 0.233. The number of nitrogens with one attached hydrogen (secondary N) is 3. The summed E-state index contributed by atoms with van der Waals surface area (Å²) in [6.07, 6.45) is 14.4. The van der Waals surface area contributed by atoms with Gasteiger partial charge in [0.2, 0.25) is 27.7 Å². The average molecular weight is 746 g/mol. The highest BCUT2D eigenvalue weighted by Gasteiger charge is 2.85. The topological polar surface area (TPSA) is 168 Å². The first kappa shape index (κ1) is 39.5. The molecule has 5 aliphatic carbocycles. The standard InChI is InChI=1S/C40H67N5O6S/c1-8-28-22-40(28,35(49)44-52(50,51)25(2)26-16-11-9-12-17-26)43-32(46)29-23-39(37(6,7)38(39)20-15-21-38)24-45(29)34(48)31(36(3,4)5)42-33(47)30(41)27-18-13-10-14-19-27/h25-31H,8-24,41H2,1-7H3,(H,42,47)(H,43,46)(H,44,49). The molecule has 6 rings (SSSR count). The van der Waals surface area contributed by atoms with E-state index in [9.17, 15) is 27.6 Å². The third-order valence-electron chi connectivity index (χ3n) is 15.6. The molecule has 0 aromatic carbocycles. The summed E-state index contributed by atoms with van der Waals surface area (Å²) in [4.78, 5) is 58.8. The van der Waals surface area contributed by atoms with Gasteiger partial charge in [-0.05, 0) is 92.3 Å². The van der Waals surface area contributed by atoms with Gasteiger partial charge in [-0.25, -0.2) is 8.42 Å². The molecule has 6 fully saturated rings. The lowest BCUT2D eigenvalue weighted by molar-refractivity contribution is -0.145. The highest BCUT2D eigenvalue weighted by atomic mass is 32.2. The Kier molecular flexibility index (Phi) is 10.5. The van der Waals surface area contributed by atoms with Crippen molar-refractivity contribution in [2.75, 3.05) is 6.54 Å². The third kappa shape index (κ3) is 6.41. The molecule has 4 amide bonds. The normalized spacial score (nSPS) is 33.1. The minimum absolute atomic E-state index is 0.00536. The molecule has 0 bridgehead atoms. The lowest BCUT2D eigenvalue weighted by Gasteiger charge is -2.37. The minimum atomic E-state index is -3.97. The van der Waals surface area contributed by atoms with E-state index in [0.717, 1.165) is 83.5 Å². The molecule has 52 heavy (non-hydrogen) atoms. The van der Waals surface area contributed by atoms with Crippen LogP contribution in [0.4, 0.5) is 0 Å². The Morgan fingerprint density at radius 2 is 1.44 bits per heavy atom. The van der Waals surface area contributed by atoms with Gasteiger partial charge in [0.15, 0.2) is 0 Å². The molecule has 1 saturated heterocycles. The summed E-state index contributed by atoms with van der Waals surface area (Å²) in [5, 5.41) is 5.39. The van der Waals surface area contributed by atoms with E-state index in [1.54, 1.807) is 11.8 Å². The zero-order chi connectivity index (χ0) is 38.1. The number of nitrogens with zero attached hydrogens (tertiary/aromatic N) is 1. The van der Waals surface area contributed by atoms with Crippen molar-refractivity contribution in [1.29, 1.82) is 0 Å². The molecule has 1 aliphatic heterocycles. The van der Waals surface area contributed by atoms with Gasteiger partial charge in [-0.3, -0.25) is 23.9 Å². The van der Waals surface area contributed by atoms with Crippen LogP contribution in [0.15, 0.2) is 0 Å². The summed E-state index contributed by atoms with van der Waals surface area (Å²) >= 11 is 0. The van der Waals surface area contributed by atoms with E-state index in [2.05, 4.69) is 29.2 Å². The number of rotatable bonds is 11. The maximum absolute atomic E-state index is 14.9. The second kappa shape index (κ2) is 13.8. The summed E-state index contributed by atoms with van der Waals surface area (Å²) in [6.45, 7) is 14.3. The molecule has 12 heteroatoms. The number of nitrogens with two attached hydrogens (primary N) is 1. The molecule has 7 atom stereocenters. The lowest BCUT2D eigenvalue weighted by atomic mass is 9.73. The Morgan fingerprint density at radius 1 is 0.865 bits per heavy atom. The molecular formula is C40H67N5O6S. The van der Waals surface area contributed by atoms with Gasteiger partial charge in [-0.15, -0.1) is 0 Å². The van der Waals surface area contributed by atoms with Gasteiger partial charge in [-0.2, -0.15) is 0 Å². The van der Waals surface area contributed by atoms with E-state index in [0.29, 0.717) is 25.8 Å². The molecule has 6 aliphatic rings. The minimum Gasteiger partial charge on any atom is -0.342 e. The van der Waals surface area contributed by atoms with Crippen LogP contribution in [0.3, 0.4) is 0 Å². The summed E-state index contributed by atoms with van der Waals surface area (Å²) in [7, 11) is -3.97. The summed E-state index contributed by atoms with van der Waals surface area (Å²) < 4.78 is 29.5. The van der Waals surface area contributed by atoms with Crippen LogP contribution in [0.2, 0.25) is 0 Å². The molecule has 0 aromatic heterocycles. The molecule has 5 N–H and O–H groups in total. The van der Waals surface area contributed by atoms with Crippen LogP contribution in [0.1, 0.15) is 151 Å². The molecule has 1 heterocycles. The van der Waals surface area contributed by atoms with E-state index >= 15 is 0 Å². The highest BCUT2D eigenvalue weighted by molar-refractivity contribution is 7.90. The van der Waals surface area contributed by atoms with Crippen molar-refractivity contribution < 1.29 is 27.6 Å². The first-order valence-electron chi connectivity index (χ1n) is 20.5. The highest BCUT2D eigenvalue weighted by Crippen LogP contribution is 2.88. The number of amides is 4. The summed E-state index contributed by atoms with van der Waals surface area (Å²) in [6, 6.07) is -2.48. The maximum atomic E-state index is 14.9. The molecule has 11 nitrogen and oxygen atoms in total. The number of sulfonamides is 1. The Morgan fingerprint density at radius 3 is 1.92 bits per heavy atom. The van der Waals surface area contributed by atoms with Crippen LogP contribution < -0.4 is 21.1 Å². The fourth-order valence-electron chi connectivity index (χ4n) is 11.6. The Bertz CT molecular complexity index is 1520. The number of fused-ring (bicyclic) bond motifs is 1. The van der Waals surface area contributed by atoms with E-state index in [-0.39, 0.29) is 45.8 Å². The van der Waals surface area contributed by atoms with Crippen molar-refractivity contribution in [3.63, 3.8) is 0 Å². The van der Waals surface area contributed by atoms with Crippen LogP contribution in [0.25, 0.3) is 0 Å². The van der Waals surface area contributed by atoms with Crippen LogP contribution >= 0.6 is 0 Å². The van der Waals surface area contributed by atoms with Crippen molar-refractivity contribution in [3.8, 4) is 0 Å². The molecule has 0 aromatic rings. The lowest BCUT2D eigenvalue weighted by Crippen LogP contribution is -2.61. The van der Waals surface area contributed by atoms with Crippen LogP contribution in [0.5, 0.6) is 0 Å². The van der Waals surface area contributed by atoms with Gasteiger partial charge in [0, 0.05) is 12.0 Å². The first-order chi connectivity index (χ1) is 24.3. The second-order valence-corrected chi connectivity index (χ2v) is 21.4. The number of hydrogen-bond acceptors (Lipinski definition) is 7. The predicted octanol–water partition coefficient (Wildman–Crippen LogP) is 4.92. The molecule has 5 saturated carbocycles. The van der Waals surface area contributed by atoms with E-state index in [4.69, 9.17) is 5.73 Å². The SMILES string of the molecule is CCC1CC1(NC(=O)C1CC2(CN1C(=O)C(NC(=O)C(N)C1CCCCC1)C(C)(C)C)C(C)(C)C21CCC1)C(=O)NS(=O)(=O)C(C)C1CCCCC1. The maximum Gasteiger partial charge on any atom is 0.259 e. The molecule has 294 valence electrons. The monoisotopic (exact) mass is 745 g/mol. The molecule has 0 radical (unpaired) electrons. The molecule has 7 unspecified atom stereocenters. The Labute approximate surface area is 312 Å². The fourth-order valence-corrected chi connectivity index (χ4v) is 13.0. The van der Waals surface area contributed by atoms with Crippen molar-refractivity contribution in [1.82, 2.24) is 20.3 Å². The zero-order valence-electron chi connectivity index (χ0n) is 32.9. The van der Waals surface area contributed by atoms with Gasteiger partial charge in [0.25, 0.3) is 5.91 Å². The van der Waals surface area contributed by atoms with Gasteiger partial charge >= 0.3 is 0 Å². The number of carbonyl (C=O) groups excluding carboxylic acids is 4. The van der Waals surface area contributed by atoms with Crippen LogP contribution in [-0.2, 0) is 29.2 Å². The predicted molar refractivity (Wildman–Crippen MR) is 201 cm³/mol. The molecular weight excluding hydrogens is 679 g/mol. The largest absolute Gasteiger partial charge is 0.342 e. The van der Waals surface area contributed by atoms with Crippen molar-refractivity contribution in [2.24, 2.45) is 45.1 Å². The smallest absolute Gasteiger partial charge is 0.259 e. The van der Waals surface area contributed by atoms with Gasteiger partial charge < -0.3 is 21.3 Å². The Balaban J connectivity index is 1.25. The van der Waals surface area contributed by atoms with Crippen LogP contribution in [0, 0.1) is 39.4 Å². The second-order valence-electron chi connectivity index (χ2n) is 19.4. The van der Waals surface area contributed by atoms with Crippen molar-refractivity contribution in [2.45, 2.75) is 180 Å². The van der Waals surface area contributed by atoms with E-state index in [1.165, 1.54) is 0 Å². The average Bonchev–Trinajstić information content (AvgIpc) is 3.81. The van der Waals surface area contributed by atoms with Gasteiger partial charge in [0.05, 0.1) is 11.3 Å².